The van der Waals surface area contributed by atoms with E-state index in [-0.39, 0.29) is 11.9 Å². The summed E-state index contributed by atoms with van der Waals surface area (Å²) in [4.78, 5) is 29.0. The number of aromatic nitrogens is 2. The summed E-state index contributed by atoms with van der Waals surface area (Å²) in [7, 11) is 3.57. The highest BCUT2D eigenvalue weighted by Gasteiger charge is 2.30. The van der Waals surface area contributed by atoms with Crippen molar-refractivity contribution in [1.29, 1.82) is 0 Å². The Labute approximate surface area is 188 Å². The zero-order valence-corrected chi connectivity index (χ0v) is 18.7. The van der Waals surface area contributed by atoms with Crippen molar-refractivity contribution in [3.05, 3.63) is 59.8 Å². The molecule has 7 heteroatoms. The molecule has 3 aromatic rings. The van der Waals surface area contributed by atoms with Crippen LogP contribution in [0.3, 0.4) is 0 Å². The van der Waals surface area contributed by atoms with Crippen molar-refractivity contribution in [2.75, 3.05) is 56.7 Å². The highest BCUT2D eigenvalue weighted by molar-refractivity contribution is 5.98. The number of morpholine rings is 1. The second-order valence-electron chi connectivity index (χ2n) is 8.65. The van der Waals surface area contributed by atoms with Crippen LogP contribution in [0.25, 0.3) is 11.0 Å². The number of rotatable bonds is 4. The van der Waals surface area contributed by atoms with E-state index in [4.69, 9.17) is 14.7 Å². The van der Waals surface area contributed by atoms with Gasteiger partial charge in [0.05, 0.1) is 36.5 Å². The molecule has 2 aliphatic heterocycles. The van der Waals surface area contributed by atoms with Crippen LogP contribution >= 0.6 is 0 Å². The van der Waals surface area contributed by atoms with Crippen LogP contribution in [0.2, 0.25) is 0 Å². The monoisotopic (exact) mass is 431 g/mol. The van der Waals surface area contributed by atoms with Gasteiger partial charge in [0, 0.05) is 50.5 Å². The Hall–Kier alpha value is -3.19. The number of hydrogen-bond acceptors (Lipinski definition) is 6. The van der Waals surface area contributed by atoms with E-state index in [1.165, 1.54) is 5.69 Å². The van der Waals surface area contributed by atoms with Gasteiger partial charge >= 0.3 is 0 Å². The Morgan fingerprint density at radius 3 is 2.62 bits per heavy atom. The molecule has 2 aliphatic rings. The maximum atomic E-state index is 12.9. The number of carbonyl (C=O) groups excluding carboxylic acids is 1. The van der Waals surface area contributed by atoms with Crippen LogP contribution in [0.1, 0.15) is 34.8 Å². The zero-order valence-electron chi connectivity index (χ0n) is 18.7. The Morgan fingerprint density at radius 1 is 1.09 bits per heavy atom. The van der Waals surface area contributed by atoms with Gasteiger partial charge in [-0.1, -0.05) is 18.2 Å². The molecule has 1 amide bonds. The molecule has 0 spiro atoms. The third-order valence-corrected chi connectivity index (χ3v) is 6.35. The number of benzene rings is 2. The molecule has 1 atom stereocenters. The number of nitrogens with zero attached hydrogens (tertiary/aromatic N) is 5. The smallest absolute Gasteiger partial charge is 0.253 e. The predicted octanol–water partition coefficient (Wildman–Crippen LogP) is 3.51. The zero-order chi connectivity index (χ0) is 22.1. The lowest BCUT2D eigenvalue weighted by Crippen LogP contribution is -2.36. The molecule has 0 saturated carbocycles. The molecule has 0 aliphatic carbocycles. The summed E-state index contributed by atoms with van der Waals surface area (Å²) >= 11 is 0. The minimum absolute atomic E-state index is 0.0172. The quantitative estimate of drug-likeness (QED) is 0.630. The van der Waals surface area contributed by atoms with Crippen LogP contribution in [0.4, 0.5) is 11.5 Å². The Bertz CT molecular complexity index is 1110. The van der Waals surface area contributed by atoms with E-state index in [0.29, 0.717) is 18.8 Å². The molecule has 1 aromatic heterocycles. The highest BCUT2D eigenvalue weighted by Crippen LogP contribution is 2.39. The average molecular weight is 432 g/mol. The van der Waals surface area contributed by atoms with E-state index in [9.17, 15) is 4.79 Å². The number of ether oxygens (including phenoxy) is 1. The molecule has 0 radical (unpaired) electrons. The minimum Gasteiger partial charge on any atom is -0.378 e. The fraction of sp³-hybridized carbons (Fsp3) is 0.400. The summed E-state index contributed by atoms with van der Waals surface area (Å²) in [5.74, 6) is 0.856. The van der Waals surface area contributed by atoms with Crippen molar-refractivity contribution in [2.24, 2.45) is 0 Å². The van der Waals surface area contributed by atoms with Crippen molar-refractivity contribution in [1.82, 2.24) is 14.9 Å². The number of amides is 1. The van der Waals surface area contributed by atoms with Gasteiger partial charge in [-0.2, -0.15) is 0 Å². The van der Waals surface area contributed by atoms with E-state index in [2.05, 4.69) is 34.1 Å². The first-order valence-electron chi connectivity index (χ1n) is 11.3. The summed E-state index contributed by atoms with van der Waals surface area (Å²) in [6, 6.07) is 14.6. The molecule has 0 bridgehead atoms. The lowest BCUT2D eigenvalue weighted by molar-refractivity contribution is 0.0827. The third-order valence-electron chi connectivity index (χ3n) is 6.35. The SMILES string of the molecule is CN(C)C(=O)c1cc(C2CCCN2c2ccccc2)c2nc(N3CCOCC3)cnc2c1. The lowest BCUT2D eigenvalue weighted by Gasteiger charge is -2.30. The van der Waals surface area contributed by atoms with Crippen LogP contribution in [0.5, 0.6) is 0 Å². The number of anilines is 2. The van der Waals surface area contributed by atoms with E-state index in [0.717, 1.165) is 54.9 Å². The molecule has 1 unspecified atom stereocenters. The molecule has 32 heavy (non-hydrogen) atoms. The van der Waals surface area contributed by atoms with E-state index in [1.54, 1.807) is 19.0 Å². The molecule has 2 aromatic carbocycles. The maximum absolute atomic E-state index is 12.9. The molecule has 5 rings (SSSR count). The Kier molecular flexibility index (Phi) is 5.66. The molecule has 2 saturated heterocycles. The van der Waals surface area contributed by atoms with Gasteiger partial charge in [-0.05, 0) is 37.1 Å². The second-order valence-corrected chi connectivity index (χ2v) is 8.65. The van der Waals surface area contributed by atoms with Gasteiger partial charge in [-0.25, -0.2) is 4.98 Å². The van der Waals surface area contributed by atoms with Crippen LogP contribution in [0, 0.1) is 0 Å². The molecule has 0 N–H and O–H groups in total. The first kappa shape index (κ1) is 20.7. The van der Waals surface area contributed by atoms with Gasteiger partial charge in [0.15, 0.2) is 0 Å². The predicted molar refractivity (Wildman–Crippen MR) is 126 cm³/mol. The summed E-state index contributed by atoms with van der Waals surface area (Å²) in [6.07, 6.45) is 3.95. The fourth-order valence-corrected chi connectivity index (χ4v) is 4.73. The summed E-state index contributed by atoms with van der Waals surface area (Å²) in [5, 5.41) is 0. The van der Waals surface area contributed by atoms with Crippen molar-refractivity contribution in [2.45, 2.75) is 18.9 Å². The normalized spacial score (nSPS) is 18.9. The Morgan fingerprint density at radius 2 is 1.88 bits per heavy atom. The lowest BCUT2D eigenvalue weighted by atomic mass is 9.98. The molecule has 3 heterocycles. The standard InChI is InChI=1S/C25H29N5O2/c1-28(2)25(31)18-15-20(22-9-6-10-30(22)19-7-4-3-5-8-19)24-21(16-18)26-17-23(27-24)29-11-13-32-14-12-29/h3-5,7-8,15-17,22H,6,9-14H2,1-2H3. The summed E-state index contributed by atoms with van der Waals surface area (Å²) in [5.41, 5.74) is 4.59. The molecule has 7 nitrogen and oxygen atoms in total. The summed E-state index contributed by atoms with van der Waals surface area (Å²) < 4.78 is 5.50. The van der Waals surface area contributed by atoms with Crippen molar-refractivity contribution < 1.29 is 9.53 Å². The first-order valence-corrected chi connectivity index (χ1v) is 11.3. The molecule has 166 valence electrons. The van der Waals surface area contributed by atoms with E-state index < -0.39 is 0 Å². The van der Waals surface area contributed by atoms with E-state index in [1.807, 2.05) is 24.4 Å². The minimum atomic E-state index is -0.0172. The number of para-hydroxylation sites is 1. The fourth-order valence-electron chi connectivity index (χ4n) is 4.73. The van der Waals surface area contributed by atoms with Crippen LogP contribution < -0.4 is 9.80 Å². The van der Waals surface area contributed by atoms with Crippen molar-refractivity contribution in [3.8, 4) is 0 Å². The highest BCUT2D eigenvalue weighted by atomic mass is 16.5. The maximum Gasteiger partial charge on any atom is 0.253 e. The van der Waals surface area contributed by atoms with Gasteiger partial charge in [0.2, 0.25) is 0 Å². The average Bonchev–Trinajstić information content (AvgIpc) is 3.33. The number of carbonyl (C=O) groups is 1. The van der Waals surface area contributed by atoms with Gasteiger partial charge in [-0.15, -0.1) is 0 Å². The third kappa shape index (κ3) is 3.88. The van der Waals surface area contributed by atoms with Gasteiger partial charge in [0.1, 0.15) is 5.82 Å². The second kappa shape index (κ2) is 8.74. The largest absolute Gasteiger partial charge is 0.378 e. The van der Waals surface area contributed by atoms with Crippen LogP contribution in [-0.4, -0.2) is 67.7 Å². The van der Waals surface area contributed by atoms with Gasteiger partial charge in [0.25, 0.3) is 5.91 Å². The number of hydrogen-bond donors (Lipinski definition) is 0. The summed E-state index contributed by atoms with van der Waals surface area (Å²) in [6.45, 7) is 4.01. The van der Waals surface area contributed by atoms with E-state index >= 15 is 0 Å². The number of fused-ring (bicyclic) bond motifs is 1. The van der Waals surface area contributed by atoms with Crippen LogP contribution in [-0.2, 0) is 4.74 Å². The van der Waals surface area contributed by atoms with Crippen molar-refractivity contribution >= 4 is 28.4 Å². The molecular formula is C25H29N5O2. The van der Waals surface area contributed by atoms with Crippen LogP contribution in [0.15, 0.2) is 48.7 Å². The first-order chi connectivity index (χ1) is 15.6. The van der Waals surface area contributed by atoms with Gasteiger partial charge < -0.3 is 19.4 Å². The topological polar surface area (TPSA) is 61.8 Å². The molecular weight excluding hydrogens is 402 g/mol. The van der Waals surface area contributed by atoms with Gasteiger partial charge in [-0.3, -0.25) is 9.78 Å². The molecule has 2 fully saturated rings. The van der Waals surface area contributed by atoms with Crippen molar-refractivity contribution in [3.63, 3.8) is 0 Å². The Balaban J connectivity index is 1.64.